The van der Waals surface area contributed by atoms with E-state index in [9.17, 15) is 14.4 Å². The Morgan fingerprint density at radius 2 is 1.76 bits per heavy atom. The number of ether oxygens (including phenoxy) is 1. The number of benzene rings is 3. The van der Waals surface area contributed by atoms with Crippen molar-refractivity contribution in [1.29, 1.82) is 0 Å². The van der Waals surface area contributed by atoms with Gasteiger partial charge >= 0.3 is 5.97 Å². The molecule has 7 heteroatoms. The largest absolute Gasteiger partial charge is 0.467 e. The third kappa shape index (κ3) is 3.88. The maximum atomic E-state index is 12.9. The second-order valence-corrected chi connectivity index (χ2v) is 9.16. The highest BCUT2D eigenvalue weighted by Gasteiger charge is 2.41. The van der Waals surface area contributed by atoms with Crippen LogP contribution in [0.25, 0.3) is 27.8 Å². The van der Waals surface area contributed by atoms with Crippen molar-refractivity contribution in [3.05, 3.63) is 89.0 Å². The van der Waals surface area contributed by atoms with Crippen molar-refractivity contribution >= 4 is 56.6 Å². The minimum Gasteiger partial charge on any atom is -0.467 e. The lowest BCUT2D eigenvalue weighted by Crippen LogP contribution is -2.42. The van der Waals surface area contributed by atoms with Gasteiger partial charge in [0.1, 0.15) is 6.04 Å². The highest BCUT2D eigenvalue weighted by Crippen LogP contribution is 2.35. The Labute approximate surface area is 200 Å². The summed E-state index contributed by atoms with van der Waals surface area (Å²) in [5.41, 5.74) is 3.04. The van der Waals surface area contributed by atoms with E-state index in [-0.39, 0.29) is 4.91 Å². The lowest BCUT2D eigenvalue weighted by molar-refractivity contribution is -0.148. The van der Waals surface area contributed by atoms with Gasteiger partial charge in [0.25, 0.3) is 11.1 Å². The van der Waals surface area contributed by atoms with E-state index in [1.807, 2.05) is 42.6 Å². The van der Waals surface area contributed by atoms with E-state index in [1.165, 1.54) is 30.4 Å². The number of aromatic nitrogens is 1. The number of carbonyl (C=O) groups excluding carboxylic acids is 3. The van der Waals surface area contributed by atoms with Gasteiger partial charge in [-0.25, -0.2) is 4.79 Å². The van der Waals surface area contributed by atoms with Crippen LogP contribution >= 0.6 is 11.8 Å². The van der Waals surface area contributed by atoms with E-state index < -0.39 is 23.2 Å². The predicted octanol–water partition coefficient (Wildman–Crippen LogP) is 5.44. The normalized spacial score (nSPS) is 16.1. The number of rotatable bonds is 5. The van der Waals surface area contributed by atoms with Gasteiger partial charge in [-0.1, -0.05) is 54.6 Å². The molecule has 34 heavy (non-hydrogen) atoms. The average Bonchev–Trinajstić information content (AvgIpc) is 3.34. The fraction of sp³-hybridized carbons (Fsp3) is 0.148. The number of nitrogens with zero attached hydrogens (tertiary/aromatic N) is 2. The number of hydrogen-bond acceptors (Lipinski definition) is 5. The summed E-state index contributed by atoms with van der Waals surface area (Å²) in [5.74, 6) is -1.12. The van der Waals surface area contributed by atoms with Crippen LogP contribution in [0, 0.1) is 0 Å². The third-order valence-corrected chi connectivity index (χ3v) is 6.91. The molecule has 1 aromatic heterocycles. The molecule has 4 aromatic rings. The Bertz CT molecular complexity index is 1490. The minimum atomic E-state index is -0.974. The number of carbonyl (C=O) groups is 3. The Morgan fingerprint density at radius 3 is 2.56 bits per heavy atom. The van der Waals surface area contributed by atoms with E-state index in [4.69, 9.17) is 4.74 Å². The molecular weight excluding hydrogens is 448 g/mol. The molecule has 1 atom stereocenters. The van der Waals surface area contributed by atoms with E-state index in [0.717, 1.165) is 33.1 Å². The zero-order chi connectivity index (χ0) is 23.8. The SMILES string of the molecule is COC(=O)[C@@H](C)N1C(=O)S/C(=C/c2cn(Cc3ccc4ccccc4c3)c3ccccc23)C1=O. The molecule has 1 saturated heterocycles. The number of hydrogen-bond donors (Lipinski definition) is 0. The number of para-hydroxylation sites is 1. The van der Waals surface area contributed by atoms with Crippen molar-refractivity contribution in [1.82, 2.24) is 9.47 Å². The summed E-state index contributed by atoms with van der Waals surface area (Å²) >= 11 is 0.838. The molecule has 2 amide bonds. The summed E-state index contributed by atoms with van der Waals surface area (Å²) < 4.78 is 6.85. The number of methoxy groups -OCH3 is 1. The molecule has 3 aromatic carbocycles. The first-order valence-electron chi connectivity index (χ1n) is 10.9. The number of amides is 2. The van der Waals surface area contributed by atoms with Gasteiger partial charge in [-0.05, 0) is 53.2 Å². The molecule has 0 unspecified atom stereocenters. The average molecular weight is 471 g/mol. The van der Waals surface area contributed by atoms with Crippen molar-refractivity contribution < 1.29 is 19.1 Å². The predicted molar refractivity (Wildman–Crippen MR) is 134 cm³/mol. The van der Waals surface area contributed by atoms with E-state index in [2.05, 4.69) is 34.9 Å². The molecule has 170 valence electrons. The molecule has 0 spiro atoms. The molecule has 1 aliphatic heterocycles. The van der Waals surface area contributed by atoms with Gasteiger partial charge in [-0.3, -0.25) is 14.5 Å². The van der Waals surface area contributed by atoms with E-state index in [1.54, 1.807) is 6.08 Å². The van der Waals surface area contributed by atoms with Gasteiger partial charge in [0.15, 0.2) is 0 Å². The first-order chi connectivity index (χ1) is 16.5. The molecule has 0 aliphatic carbocycles. The third-order valence-electron chi connectivity index (χ3n) is 6.03. The van der Waals surface area contributed by atoms with Crippen molar-refractivity contribution in [3.8, 4) is 0 Å². The van der Waals surface area contributed by atoms with Gasteiger partial charge in [-0.2, -0.15) is 0 Å². The van der Waals surface area contributed by atoms with Crippen molar-refractivity contribution in [3.63, 3.8) is 0 Å². The second-order valence-electron chi connectivity index (χ2n) is 8.16. The second kappa shape index (κ2) is 8.83. The Morgan fingerprint density at radius 1 is 1.03 bits per heavy atom. The first-order valence-corrected chi connectivity index (χ1v) is 11.7. The smallest absolute Gasteiger partial charge is 0.328 e. The summed E-state index contributed by atoms with van der Waals surface area (Å²) in [6, 6.07) is 21.7. The summed E-state index contributed by atoms with van der Waals surface area (Å²) in [6.45, 7) is 2.15. The summed E-state index contributed by atoms with van der Waals surface area (Å²) in [7, 11) is 1.23. The number of fused-ring (bicyclic) bond motifs is 2. The van der Waals surface area contributed by atoms with Crippen LogP contribution in [0.2, 0.25) is 0 Å². The molecule has 0 N–H and O–H groups in total. The quantitative estimate of drug-likeness (QED) is 0.287. The number of imide groups is 1. The number of esters is 1. The van der Waals surface area contributed by atoms with Gasteiger partial charge < -0.3 is 9.30 Å². The van der Waals surface area contributed by atoms with Crippen LogP contribution in [0.3, 0.4) is 0 Å². The summed E-state index contributed by atoms with van der Waals surface area (Å²) in [6.07, 6.45) is 3.73. The number of thioether (sulfide) groups is 1. The zero-order valence-corrected chi connectivity index (χ0v) is 19.5. The highest BCUT2D eigenvalue weighted by molar-refractivity contribution is 8.18. The van der Waals surface area contributed by atoms with E-state index in [0.29, 0.717) is 6.54 Å². The Hall–Kier alpha value is -3.84. The Kier molecular flexibility index (Phi) is 5.71. The fourth-order valence-corrected chi connectivity index (χ4v) is 5.18. The molecular formula is C27H22N2O4S. The molecule has 0 saturated carbocycles. The topological polar surface area (TPSA) is 68.6 Å². The van der Waals surface area contributed by atoms with Crippen molar-refractivity contribution in [2.75, 3.05) is 7.11 Å². The van der Waals surface area contributed by atoms with Crippen LogP contribution in [0.5, 0.6) is 0 Å². The van der Waals surface area contributed by atoms with Crippen molar-refractivity contribution in [2.45, 2.75) is 19.5 Å². The lowest BCUT2D eigenvalue weighted by Gasteiger charge is -2.18. The van der Waals surface area contributed by atoms with Crippen LogP contribution in [0.15, 0.2) is 77.8 Å². The fourth-order valence-electron chi connectivity index (χ4n) is 4.29. The molecule has 1 aliphatic rings. The van der Waals surface area contributed by atoms with Crippen LogP contribution < -0.4 is 0 Å². The summed E-state index contributed by atoms with van der Waals surface area (Å²) in [4.78, 5) is 38.5. The molecule has 2 heterocycles. The van der Waals surface area contributed by atoms with Crippen molar-refractivity contribution in [2.24, 2.45) is 0 Å². The van der Waals surface area contributed by atoms with Gasteiger partial charge in [0.05, 0.1) is 12.0 Å². The van der Waals surface area contributed by atoms with Gasteiger partial charge in [0, 0.05) is 29.2 Å². The molecule has 5 rings (SSSR count). The summed E-state index contributed by atoms with van der Waals surface area (Å²) in [5, 5.41) is 2.89. The maximum absolute atomic E-state index is 12.9. The zero-order valence-electron chi connectivity index (χ0n) is 18.7. The van der Waals surface area contributed by atoms with E-state index >= 15 is 0 Å². The maximum Gasteiger partial charge on any atom is 0.328 e. The highest BCUT2D eigenvalue weighted by atomic mass is 32.2. The van der Waals surface area contributed by atoms with Crippen LogP contribution in [0.1, 0.15) is 18.1 Å². The van der Waals surface area contributed by atoms with Crippen LogP contribution in [-0.2, 0) is 20.9 Å². The molecule has 0 radical (unpaired) electrons. The van der Waals surface area contributed by atoms with Gasteiger partial charge in [0.2, 0.25) is 0 Å². The minimum absolute atomic E-state index is 0.286. The lowest BCUT2D eigenvalue weighted by atomic mass is 10.1. The van der Waals surface area contributed by atoms with Crippen LogP contribution in [-0.4, -0.2) is 39.7 Å². The van der Waals surface area contributed by atoms with Gasteiger partial charge in [-0.15, -0.1) is 0 Å². The monoisotopic (exact) mass is 470 g/mol. The standard InChI is InChI=1S/C27H22N2O4S/c1-17(26(31)33-2)29-25(30)24(34-27(29)32)14-21-16-28(23-10-6-5-9-22(21)23)15-18-11-12-19-7-3-4-8-20(19)13-18/h3-14,16-17H,15H2,1-2H3/b24-14+/t17-/m1/s1. The molecule has 6 nitrogen and oxygen atoms in total. The first kappa shape index (κ1) is 22.0. The van der Waals surface area contributed by atoms with Crippen LogP contribution in [0.4, 0.5) is 4.79 Å². The Balaban J connectivity index is 1.50. The molecule has 0 bridgehead atoms. The molecule has 1 fully saturated rings.